The lowest BCUT2D eigenvalue weighted by Gasteiger charge is -2.02. The van der Waals surface area contributed by atoms with E-state index in [1.807, 2.05) is 24.3 Å². The van der Waals surface area contributed by atoms with E-state index in [2.05, 4.69) is 20.3 Å². The molecule has 3 aromatic rings. The molecule has 2 heterocycles. The first kappa shape index (κ1) is 11.3. The molecular weight excluding hydrogens is 246 g/mol. The maximum atomic E-state index is 5.53. The van der Waals surface area contributed by atoms with Crippen molar-refractivity contribution in [1.82, 2.24) is 20.3 Å². The highest BCUT2D eigenvalue weighted by atomic mass is 16.5. The third kappa shape index (κ3) is 2.01. The third-order valence-electron chi connectivity index (χ3n) is 2.60. The van der Waals surface area contributed by atoms with E-state index in [0.717, 1.165) is 5.56 Å². The first-order valence-electron chi connectivity index (χ1n) is 5.56. The van der Waals surface area contributed by atoms with E-state index >= 15 is 0 Å². The summed E-state index contributed by atoms with van der Waals surface area (Å²) in [6.45, 7) is 0. The molecule has 3 N–H and O–H groups in total. The lowest BCUT2D eigenvalue weighted by molar-refractivity contribution is 0.413. The van der Waals surface area contributed by atoms with Gasteiger partial charge in [0.25, 0.3) is 5.89 Å². The van der Waals surface area contributed by atoms with Gasteiger partial charge >= 0.3 is 0 Å². The summed E-state index contributed by atoms with van der Waals surface area (Å²) in [5, 5.41) is 10.4. The Balaban J connectivity index is 2.01. The van der Waals surface area contributed by atoms with Gasteiger partial charge in [0.15, 0.2) is 0 Å². The number of H-pyrrole nitrogens is 1. The highest BCUT2D eigenvalue weighted by Crippen LogP contribution is 2.28. The number of aromatic nitrogens is 4. The number of anilines is 1. The summed E-state index contributed by atoms with van der Waals surface area (Å²) in [5.41, 5.74) is 6.86. The number of hydrogen-bond acceptors (Lipinski definition) is 6. The van der Waals surface area contributed by atoms with Gasteiger partial charge < -0.3 is 15.0 Å². The van der Waals surface area contributed by atoms with Crippen LogP contribution in [0.1, 0.15) is 0 Å². The van der Waals surface area contributed by atoms with Gasteiger partial charge in [0.2, 0.25) is 5.82 Å². The first-order chi connectivity index (χ1) is 9.28. The Morgan fingerprint density at radius 2 is 2.16 bits per heavy atom. The predicted octanol–water partition coefficient (Wildman–Crippen LogP) is 1.72. The van der Waals surface area contributed by atoms with Gasteiger partial charge in [-0.05, 0) is 12.1 Å². The van der Waals surface area contributed by atoms with Crippen molar-refractivity contribution in [3.8, 4) is 28.7 Å². The number of para-hydroxylation sites is 1. The lowest BCUT2D eigenvalue weighted by Crippen LogP contribution is -1.88. The van der Waals surface area contributed by atoms with Crippen LogP contribution in [0.2, 0.25) is 0 Å². The number of nitrogens with one attached hydrogen (secondary N) is 1. The van der Waals surface area contributed by atoms with Gasteiger partial charge in [-0.25, -0.2) is 0 Å². The second kappa shape index (κ2) is 4.45. The van der Waals surface area contributed by atoms with Crippen molar-refractivity contribution in [3.05, 3.63) is 30.3 Å². The van der Waals surface area contributed by atoms with Crippen molar-refractivity contribution in [1.29, 1.82) is 0 Å². The Morgan fingerprint density at radius 1 is 1.32 bits per heavy atom. The second-order valence-electron chi connectivity index (χ2n) is 3.83. The van der Waals surface area contributed by atoms with Crippen LogP contribution in [0.4, 0.5) is 5.82 Å². The molecule has 0 atom stereocenters. The average Bonchev–Trinajstić information content (AvgIpc) is 3.07. The molecule has 0 spiro atoms. The standard InChI is InChI=1S/C12H11N5O2/c1-18-9-5-3-2-4-7(9)11-14-12(19-17-11)8-6-10(13)16-15-8/h2-6H,1H3,(H3,13,15,16). The van der Waals surface area contributed by atoms with Crippen LogP contribution >= 0.6 is 0 Å². The van der Waals surface area contributed by atoms with Crippen molar-refractivity contribution >= 4 is 5.82 Å². The van der Waals surface area contributed by atoms with Gasteiger partial charge in [-0.3, -0.25) is 5.10 Å². The van der Waals surface area contributed by atoms with E-state index in [9.17, 15) is 0 Å². The van der Waals surface area contributed by atoms with Gasteiger partial charge in [-0.1, -0.05) is 17.3 Å². The number of ether oxygens (including phenoxy) is 1. The molecule has 0 saturated carbocycles. The van der Waals surface area contributed by atoms with Crippen molar-refractivity contribution < 1.29 is 9.26 Å². The van der Waals surface area contributed by atoms with Crippen LogP contribution in [0.25, 0.3) is 23.0 Å². The number of benzene rings is 1. The first-order valence-corrected chi connectivity index (χ1v) is 5.56. The van der Waals surface area contributed by atoms with E-state index < -0.39 is 0 Å². The molecule has 0 radical (unpaired) electrons. The number of hydrogen-bond donors (Lipinski definition) is 2. The van der Waals surface area contributed by atoms with Crippen LogP contribution in [0.15, 0.2) is 34.9 Å². The molecule has 0 bridgehead atoms. The van der Waals surface area contributed by atoms with Crippen molar-refractivity contribution in [3.63, 3.8) is 0 Å². The second-order valence-corrected chi connectivity index (χ2v) is 3.83. The van der Waals surface area contributed by atoms with E-state index in [0.29, 0.717) is 29.0 Å². The third-order valence-corrected chi connectivity index (χ3v) is 2.60. The number of aromatic amines is 1. The van der Waals surface area contributed by atoms with Crippen molar-refractivity contribution in [2.75, 3.05) is 12.8 Å². The molecule has 0 aliphatic carbocycles. The quantitative estimate of drug-likeness (QED) is 0.740. The van der Waals surface area contributed by atoms with Crippen LogP contribution in [0, 0.1) is 0 Å². The number of nitrogens with two attached hydrogens (primary N) is 1. The Bertz CT molecular complexity index is 703. The number of rotatable bonds is 3. The maximum absolute atomic E-state index is 5.53. The van der Waals surface area contributed by atoms with E-state index in [1.54, 1.807) is 13.2 Å². The zero-order chi connectivity index (χ0) is 13.2. The van der Waals surface area contributed by atoms with E-state index in [-0.39, 0.29) is 0 Å². The molecule has 3 rings (SSSR count). The molecule has 0 aliphatic rings. The molecule has 7 heteroatoms. The molecule has 0 fully saturated rings. The Hall–Kier alpha value is -2.83. The van der Waals surface area contributed by atoms with Crippen molar-refractivity contribution in [2.24, 2.45) is 0 Å². The van der Waals surface area contributed by atoms with Crippen LogP contribution < -0.4 is 10.5 Å². The van der Waals surface area contributed by atoms with E-state index in [1.165, 1.54) is 0 Å². The van der Waals surface area contributed by atoms with Crippen molar-refractivity contribution in [2.45, 2.75) is 0 Å². The summed E-state index contributed by atoms with van der Waals surface area (Å²) in [5.74, 6) is 1.82. The van der Waals surface area contributed by atoms with Gasteiger partial charge in [-0.15, -0.1) is 0 Å². The fourth-order valence-electron chi connectivity index (χ4n) is 1.72. The fraction of sp³-hybridized carbons (Fsp3) is 0.0833. The molecule has 96 valence electrons. The fourth-order valence-corrected chi connectivity index (χ4v) is 1.72. The lowest BCUT2D eigenvalue weighted by atomic mass is 10.2. The molecule has 1 aromatic carbocycles. The molecule has 19 heavy (non-hydrogen) atoms. The zero-order valence-corrected chi connectivity index (χ0v) is 10.1. The normalized spacial score (nSPS) is 10.6. The highest BCUT2D eigenvalue weighted by Gasteiger charge is 2.15. The van der Waals surface area contributed by atoms with Crippen LogP contribution in [0.5, 0.6) is 5.75 Å². The largest absolute Gasteiger partial charge is 0.496 e. The van der Waals surface area contributed by atoms with Gasteiger partial charge in [0.05, 0.1) is 12.7 Å². The summed E-state index contributed by atoms with van der Waals surface area (Å²) in [6, 6.07) is 9.06. The minimum atomic E-state index is 0.324. The van der Waals surface area contributed by atoms with Gasteiger partial charge in [0, 0.05) is 6.07 Å². The molecule has 2 aromatic heterocycles. The molecular formula is C12H11N5O2. The van der Waals surface area contributed by atoms with Crippen LogP contribution in [-0.2, 0) is 0 Å². The number of methoxy groups -OCH3 is 1. The topological polar surface area (TPSA) is 103 Å². The number of nitrogens with zero attached hydrogens (tertiary/aromatic N) is 3. The van der Waals surface area contributed by atoms with Crippen LogP contribution in [0.3, 0.4) is 0 Å². The highest BCUT2D eigenvalue weighted by molar-refractivity contribution is 5.65. The molecule has 0 saturated heterocycles. The Kier molecular flexibility index (Phi) is 2.64. The molecule has 0 amide bonds. The minimum Gasteiger partial charge on any atom is -0.496 e. The van der Waals surface area contributed by atoms with Crippen LogP contribution in [-0.4, -0.2) is 27.4 Å². The zero-order valence-electron chi connectivity index (χ0n) is 10.1. The molecule has 7 nitrogen and oxygen atoms in total. The Labute approximate surface area is 108 Å². The summed E-state index contributed by atoms with van der Waals surface area (Å²) in [7, 11) is 1.59. The summed E-state index contributed by atoms with van der Waals surface area (Å²) >= 11 is 0. The predicted molar refractivity (Wildman–Crippen MR) is 68.3 cm³/mol. The SMILES string of the molecule is COc1ccccc1-c1noc(-c2cc(N)n[nH]2)n1. The Morgan fingerprint density at radius 3 is 2.89 bits per heavy atom. The van der Waals surface area contributed by atoms with E-state index in [4.69, 9.17) is 15.0 Å². The smallest absolute Gasteiger partial charge is 0.276 e. The van der Waals surface area contributed by atoms with Gasteiger partial charge in [-0.2, -0.15) is 10.1 Å². The minimum absolute atomic E-state index is 0.324. The van der Waals surface area contributed by atoms with Gasteiger partial charge in [0.1, 0.15) is 17.3 Å². The monoisotopic (exact) mass is 257 g/mol. The maximum Gasteiger partial charge on any atom is 0.276 e. The average molecular weight is 257 g/mol. The number of nitrogen functional groups attached to an aromatic ring is 1. The summed E-state index contributed by atoms with van der Waals surface area (Å²) in [4.78, 5) is 4.29. The molecule has 0 aliphatic heterocycles. The summed E-state index contributed by atoms with van der Waals surface area (Å²) in [6.07, 6.45) is 0. The molecule has 0 unspecified atom stereocenters. The summed E-state index contributed by atoms with van der Waals surface area (Å²) < 4.78 is 10.4.